The number of fused-ring (bicyclic) bond motifs is 1. The van der Waals surface area contributed by atoms with Crippen molar-refractivity contribution in [3.05, 3.63) is 21.9 Å². The smallest absolute Gasteiger partial charge is 0.242 e. The van der Waals surface area contributed by atoms with Gasteiger partial charge in [0.25, 0.3) is 0 Å². The monoisotopic (exact) mass is 266 g/mol. The highest BCUT2D eigenvalue weighted by Crippen LogP contribution is 2.33. The molecule has 0 fully saturated rings. The first-order valence-electron chi connectivity index (χ1n) is 6.59. The molecule has 2 heterocycles. The quantitative estimate of drug-likeness (QED) is 0.912. The Hall–Kier alpha value is -0.870. The Morgan fingerprint density at radius 3 is 3.00 bits per heavy atom. The number of hydrogen-bond donors (Lipinski definition) is 1. The largest absolute Gasteiger partial charge is 0.334 e. The van der Waals surface area contributed by atoms with Crippen LogP contribution in [0.15, 0.2) is 11.4 Å². The average molecular weight is 266 g/mol. The van der Waals surface area contributed by atoms with Gasteiger partial charge in [-0.1, -0.05) is 6.92 Å². The van der Waals surface area contributed by atoms with Gasteiger partial charge in [-0.2, -0.15) is 0 Å². The molecule has 1 aromatic heterocycles. The minimum atomic E-state index is -0.476. The summed E-state index contributed by atoms with van der Waals surface area (Å²) in [5.41, 5.74) is 0.850. The molecule has 3 nitrogen and oxygen atoms in total. The van der Waals surface area contributed by atoms with Gasteiger partial charge in [0.1, 0.15) is 0 Å². The van der Waals surface area contributed by atoms with E-state index in [0.29, 0.717) is 0 Å². The maximum atomic E-state index is 12.6. The number of rotatable bonds is 3. The van der Waals surface area contributed by atoms with E-state index in [1.54, 1.807) is 0 Å². The summed E-state index contributed by atoms with van der Waals surface area (Å²) in [6, 6.07) is 2.36. The molecule has 0 aliphatic carbocycles. The molecule has 1 N–H and O–H groups in total. The minimum absolute atomic E-state index is 0.199. The number of likely N-dealkylation sites (N-methyl/N-ethyl adjacent to an activating group) is 1. The second-order valence-corrected chi connectivity index (χ2v) is 6.38. The average Bonchev–Trinajstić information content (AvgIpc) is 2.77. The third-order valence-corrected chi connectivity index (χ3v) is 4.69. The number of carbonyl (C=O) groups excluding carboxylic acids is 1. The second kappa shape index (κ2) is 5.02. The van der Waals surface area contributed by atoms with Crippen molar-refractivity contribution >= 4 is 17.2 Å². The Morgan fingerprint density at radius 1 is 1.61 bits per heavy atom. The second-order valence-electron chi connectivity index (χ2n) is 5.38. The zero-order chi connectivity index (χ0) is 13.3. The van der Waals surface area contributed by atoms with E-state index in [-0.39, 0.29) is 11.9 Å². The van der Waals surface area contributed by atoms with Crippen molar-refractivity contribution in [3.8, 4) is 0 Å². The van der Waals surface area contributed by atoms with Crippen molar-refractivity contribution in [2.75, 3.05) is 13.1 Å². The fourth-order valence-electron chi connectivity index (χ4n) is 2.66. The van der Waals surface area contributed by atoms with Crippen molar-refractivity contribution in [3.63, 3.8) is 0 Å². The molecule has 1 atom stereocenters. The lowest BCUT2D eigenvalue weighted by Crippen LogP contribution is -2.55. The lowest BCUT2D eigenvalue weighted by atomic mass is 9.96. The van der Waals surface area contributed by atoms with Crippen molar-refractivity contribution in [2.24, 2.45) is 0 Å². The van der Waals surface area contributed by atoms with Crippen molar-refractivity contribution in [1.29, 1.82) is 0 Å². The number of thiophene rings is 1. The standard InChI is InChI=1S/C14H22N2OS/c1-5-15-14(3,4)13(17)16-8-6-12-11(10(16)2)7-9-18-12/h7,9-10,15H,5-6,8H2,1-4H3. The van der Waals surface area contributed by atoms with E-state index in [1.807, 2.05) is 37.0 Å². The lowest BCUT2D eigenvalue weighted by molar-refractivity contribution is -0.139. The summed E-state index contributed by atoms with van der Waals surface area (Å²) in [5, 5.41) is 5.40. The Balaban J connectivity index is 2.19. The molecule has 18 heavy (non-hydrogen) atoms. The topological polar surface area (TPSA) is 32.3 Å². The highest BCUT2D eigenvalue weighted by molar-refractivity contribution is 7.10. The predicted octanol–water partition coefficient (Wildman–Crippen LogP) is 2.58. The molecule has 1 unspecified atom stereocenters. The van der Waals surface area contributed by atoms with Gasteiger partial charge in [0.05, 0.1) is 11.6 Å². The van der Waals surface area contributed by atoms with E-state index < -0.39 is 5.54 Å². The maximum absolute atomic E-state index is 12.6. The summed E-state index contributed by atoms with van der Waals surface area (Å²) < 4.78 is 0. The van der Waals surface area contributed by atoms with E-state index in [9.17, 15) is 4.79 Å². The van der Waals surface area contributed by atoms with Gasteiger partial charge in [0.2, 0.25) is 5.91 Å². The van der Waals surface area contributed by atoms with Crippen LogP contribution in [-0.2, 0) is 11.2 Å². The molecule has 0 radical (unpaired) electrons. The highest BCUT2D eigenvalue weighted by atomic mass is 32.1. The molecule has 0 spiro atoms. The molecule has 100 valence electrons. The first-order chi connectivity index (χ1) is 8.47. The molecule has 1 amide bonds. The summed E-state index contributed by atoms with van der Waals surface area (Å²) in [7, 11) is 0. The van der Waals surface area contributed by atoms with Crippen LogP contribution in [0.1, 0.15) is 44.2 Å². The van der Waals surface area contributed by atoms with Crippen molar-refractivity contribution in [1.82, 2.24) is 10.2 Å². The van der Waals surface area contributed by atoms with E-state index in [4.69, 9.17) is 0 Å². The highest BCUT2D eigenvalue weighted by Gasteiger charge is 2.36. The Morgan fingerprint density at radius 2 is 2.33 bits per heavy atom. The van der Waals surface area contributed by atoms with Crippen LogP contribution in [-0.4, -0.2) is 29.4 Å². The van der Waals surface area contributed by atoms with Gasteiger partial charge in [-0.15, -0.1) is 11.3 Å². The molecule has 2 rings (SSSR count). The summed E-state index contributed by atoms with van der Waals surface area (Å²) in [5.74, 6) is 0.203. The van der Waals surface area contributed by atoms with Gasteiger partial charge < -0.3 is 10.2 Å². The van der Waals surface area contributed by atoms with Gasteiger partial charge in [0.15, 0.2) is 0 Å². The molecule has 0 aromatic carbocycles. The lowest BCUT2D eigenvalue weighted by Gasteiger charge is -2.39. The molecule has 1 aliphatic rings. The van der Waals surface area contributed by atoms with Gasteiger partial charge in [0, 0.05) is 11.4 Å². The van der Waals surface area contributed by atoms with E-state index >= 15 is 0 Å². The summed E-state index contributed by atoms with van der Waals surface area (Å²) in [6.45, 7) is 9.74. The minimum Gasteiger partial charge on any atom is -0.334 e. The zero-order valence-electron chi connectivity index (χ0n) is 11.6. The van der Waals surface area contributed by atoms with Crippen LogP contribution in [0, 0.1) is 0 Å². The number of nitrogens with zero attached hydrogens (tertiary/aromatic N) is 1. The number of hydrogen-bond acceptors (Lipinski definition) is 3. The first kappa shape index (κ1) is 13.6. The predicted molar refractivity (Wildman–Crippen MR) is 75.9 cm³/mol. The van der Waals surface area contributed by atoms with Crippen LogP contribution < -0.4 is 5.32 Å². The molecule has 0 saturated heterocycles. The van der Waals surface area contributed by atoms with Gasteiger partial charge in [-0.3, -0.25) is 4.79 Å². The van der Waals surface area contributed by atoms with Crippen LogP contribution in [0.2, 0.25) is 0 Å². The third kappa shape index (κ3) is 2.31. The Bertz CT molecular complexity index is 439. The van der Waals surface area contributed by atoms with Gasteiger partial charge in [-0.05, 0) is 50.7 Å². The molecular weight excluding hydrogens is 244 g/mol. The van der Waals surface area contributed by atoms with Crippen LogP contribution in [0.4, 0.5) is 0 Å². The summed E-state index contributed by atoms with van der Waals surface area (Å²) >= 11 is 1.81. The van der Waals surface area contributed by atoms with Gasteiger partial charge in [-0.25, -0.2) is 0 Å². The number of carbonyl (C=O) groups is 1. The maximum Gasteiger partial charge on any atom is 0.242 e. The van der Waals surface area contributed by atoms with E-state index in [1.165, 1.54) is 10.4 Å². The normalized spacial score (nSPS) is 19.8. The number of nitrogens with one attached hydrogen (secondary N) is 1. The van der Waals surface area contributed by atoms with Crippen molar-refractivity contribution in [2.45, 2.75) is 45.7 Å². The van der Waals surface area contributed by atoms with E-state index in [0.717, 1.165) is 19.5 Å². The third-order valence-electron chi connectivity index (χ3n) is 3.69. The van der Waals surface area contributed by atoms with Crippen LogP contribution in [0.3, 0.4) is 0 Å². The summed E-state index contributed by atoms with van der Waals surface area (Å²) in [4.78, 5) is 16.1. The SMILES string of the molecule is CCNC(C)(C)C(=O)N1CCc2sccc2C1C. The molecule has 1 aromatic rings. The molecule has 0 bridgehead atoms. The van der Waals surface area contributed by atoms with Crippen molar-refractivity contribution < 1.29 is 4.79 Å². The number of amides is 1. The van der Waals surface area contributed by atoms with Crippen LogP contribution in [0.5, 0.6) is 0 Å². The molecule has 4 heteroatoms. The molecule has 1 aliphatic heterocycles. The Kier molecular flexibility index (Phi) is 3.78. The van der Waals surface area contributed by atoms with Crippen LogP contribution in [0.25, 0.3) is 0 Å². The van der Waals surface area contributed by atoms with E-state index in [2.05, 4.69) is 23.7 Å². The Labute approximate surface area is 113 Å². The first-order valence-corrected chi connectivity index (χ1v) is 7.47. The van der Waals surface area contributed by atoms with Gasteiger partial charge >= 0.3 is 0 Å². The molecular formula is C14H22N2OS. The zero-order valence-corrected chi connectivity index (χ0v) is 12.4. The fourth-order valence-corrected chi connectivity index (χ4v) is 3.63. The fraction of sp³-hybridized carbons (Fsp3) is 0.643. The van der Waals surface area contributed by atoms with Crippen LogP contribution >= 0.6 is 11.3 Å². The molecule has 0 saturated carbocycles. The summed E-state index contributed by atoms with van der Waals surface area (Å²) in [6.07, 6.45) is 0.991.